The van der Waals surface area contributed by atoms with E-state index in [2.05, 4.69) is 10.7 Å². The minimum Gasteiger partial charge on any atom is -0.479 e. The molecule has 27 heavy (non-hydrogen) atoms. The molecule has 2 aromatic carbocycles. The van der Waals surface area contributed by atoms with Crippen LogP contribution in [0, 0.1) is 0 Å². The van der Waals surface area contributed by atoms with Gasteiger partial charge < -0.3 is 10.1 Å². The van der Waals surface area contributed by atoms with Gasteiger partial charge in [-0.05, 0) is 30.7 Å². The molecule has 0 aromatic heterocycles. The Bertz CT molecular complexity index is 831. The van der Waals surface area contributed by atoms with Crippen LogP contribution in [0.1, 0.15) is 12.5 Å². The Balaban J connectivity index is 1.77. The first-order valence-corrected chi connectivity index (χ1v) is 8.66. The number of carbonyl (C=O) groups excluding carboxylic acids is 3. The average molecular weight is 410 g/mol. The molecule has 0 heterocycles. The monoisotopic (exact) mass is 409 g/mol. The number of benzene rings is 2. The zero-order valence-corrected chi connectivity index (χ0v) is 15.8. The first-order valence-electron chi connectivity index (χ1n) is 7.90. The van der Waals surface area contributed by atoms with Crippen LogP contribution in [0.2, 0.25) is 10.0 Å². The molecular formula is C18H17Cl2N3O4. The van der Waals surface area contributed by atoms with Crippen LogP contribution < -0.4 is 20.9 Å². The van der Waals surface area contributed by atoms with Gasteiger partial charge in [0.2, 0.25) is 0 Å². The molecular weight excluding hydrogens is 393 g/mol. The highest BCUT2D eigenvalue weighted by Gasteiger charge is 2.19. The molecule has 0 spiro atoms. The molecule has 9 heteroatoms. The van der Waals surface area contributed by atoms with Gasteiger partial charge >= 0.3 is 11.8 Å². The molecule has 0 radical (unpaired) electrons. The van der Waals surface area contributed by atoms with Gasteiger partial charge in [-0.3, -0.25) is 25.2 Å². The smallest absolute Gasteiger partial charge is 0.327 e. The highest BCUT2D eigenvalue weighted by molar-refractivity contribution is 6.35. The number of nitrogens with one attached hydrogen (secondary N) is 3. The maximum absolute atomic E-state index is 12.0. The summed E-state index contributed by atoms with van der Waals surface area (Å²) in [5.74, 6) is -2.29. The Morgan fingerprint density at radius 3 is 2.37 bits per heavy atom. The number of rotatable bonds is 5. The normalized spacial score (nSPS) is 11.2. The van der Waals surface area contributed by atoms with Gasteiger partial charge in [0, 0.05) is 11.6 Å². The highest BCUT2D eigenvalue weighted by Crippen LogP contribution is 2.28. The van der Waals surface area contributed by atoms with E-state index in [1.807, 2.05) is 23.6 Å². The highest BCUT2D eigenvalue weighted by atomic mass is 35.5. The molecule has 3 N–H and O–H groups in total. The fourth-order valence-electron chi connectivity index (χ4n) is 1.95. The molecule has 0 aliphatic heterocycles. The molecule has 142 valence electrons. The second-order valence-corrected chi connectivity index (χ2v) is 6.29. The van der Waals surface area contributed by atoms with Crippen molar-refractivity contribution in [2.75, 3.05) is 0 Å². The number of hydrazine groups is 1. The fraction of sp³-hybridized carbons (Fsp3) is 0.167. The topological polar surface area (TPSA) is 96.5 Å². The summed E-state index contributed by atoms with van der Waals surface area (Å²) in [6.45, 7) is 1.65. The minimum absolute atomic E-state index is 0.190. The van der Waals surface area contributed by atoms with Crippen LogP contribution >= 0.6 is 23.2 Å². The summed E-state index contributed by atoms with van der Waals surface area (Å²) in [5, 5.41) is 3.11. The lowest BCUT2D eigenvalue weighted by Gasteiger charge is -2.16. The molecule has 2 rings (SSSR count). The van der Waals surface area contributed by atoms with Crippen molar-refractivity contribution >= 4 is 40.9 Å². The Morgan fingerprint density at radius 2 is 1.70 bits per heavy atom. The Morgan fingerprint density at radius 1 is 1.00 bits per heavy atom. The summed E-state index contributed by atoms with van der Waals surface area (Å²) in [7, 11) is 0. The van der Waals surface area contributed by atoms with Gasteiger partial charge in [-0.1, -0.05) is 53.5 Å². The van der Waals surface area contributed by atoms with Crippen molar-refractivity contribution in [3.63, 3.8) is 0 Å². The first-order chi connectivity index (χ1) is 12.9. The van der Waals surface area contributed by atoms with E-state index in [0.717, 1.165) is 5.56 Å². The van der Waals surface area contributed by atoms with Crippen molar-refractivity contribution < 1.29 is 19.1 Å². The third-order valence-electron chi connectivity index (χ3n) is 3.37. The molecule has 0 fully saturated rings. The van der Waals surface area contributed by atoms with E-state index in [1.165, 1.54) is 19.1 Å². The van der Waals surface area contributed by atoms with Gasteiger partial charge in [0.05, 0.1) is 5.02 Å². The average Bonchev–Trinajstić information content (AvgIpc) is 2.66. The summed E-state index contributed by atoms with van der Waals surface area (Å²) in [4.78, 5) is 35.4. The number of carbonyl (C=O) groups is 3. The number of ether oxygens (including phenoxy) is 1. The molecule has 0 bridgehead atoms. The van der Waals surface area contributed by atoms with E-state index in [0.29, 0.717) is 5.02 Å². The lowest BCUT2D eigenvalue weighted by molar-refractivity contribution is -0.141. The predicted molar refractivity (Wildman–Crippen MR) is 101 cm³/mol. The van der Waals surface area contributed by atoms with Crippen molar-refractivity contribution in [2.24, 2.45) is 0 Å². The number of hydrogen-bond donors (Lipinski definition) is 3. The van der Waals surface area contributed by atoms with E-state index < -0.39 is 23.8 Å². The molecule has 0 aliphatic carbocycles. The lowest BCUT2D eigenvalue weighted by Crippen LogP contribution is -2.51. The SMILES string of the molecule is C[C@@H](Oc1ccc(Cl)cc1Cl)C(=O)NNC(=O)C(=O)NCc1ccccc1. The first kappa shape index (κ1) is 20.5. The second-order valence-electron chi connectivity index (χ2n) is 5.45. The van der Waals surface area contributed by atoms with E-state index in [-0.39, 0.29) is 17.3 Å². The van der Waals surface area contributed by atoms with Gasteiger partial charge in [0.25, 0.3) is 5.91 Å². The van der Waals surface area contributed by atoms with Gasteiger partial charge in [0.1, 0.15) is 5.75 Å². The summed E-state index contributed by atoms with van der Waals surface area (Å²) < 4.78 is 5.41. The van der Waals surface area contributed by atoms with Crippen molar-refractivity contribution in [1.82, 2.24) is 16.2 Å². The molecule has 0 aliphatic rings. The van der Waals surface area contributed by atoms with Crippen molar-refractivity contribution in [3.05, 3.63) is 64.1 Å². The van der Waals surface area contributed by atoms with E-state index in [4.69, 9.17) is 27.9 Å². The van der Waals surface area contributed by atoms with Gasteiger partial charge in [-0.2, -0.15) is 0 Å². The molecule has 3 amide bonds. The molecule has 1 atom stereocenters. The van der Waals surface area contributed by atoms with Crippen LogP contribution in [0.15, 0.2) is 48.5 Å². The maximum Gasteiger partial charge on any atom is 0.327 e. The van der Waals surface area contributed by atoms with Crippen LogP contribution in [0.25, 0.3) is 0 Å². The zero-order valence-electron chi connectivity index (χ0n) is 14.3. The predicted octanol–water partition coefficient (Wildman–Crippen LogP) is 2.22. The van der Waals surface area contributed by atoms with E-state index >= 15 is 0 Å². The Labute approximate surface area is 166 Å². The lowest BCUT2D eigenvalue weighted by atomic mass is 10.2. The summed E-state index contributed by atoms with van der Waals surface area (Å²) in [6.07, 6.45) is -0.976. The second kappa shape index (κ2) is 9.80. The van der Waals surface area contributed by atoms with E-state index in [1.54, 1.807) is 18.2 Å². The van der Waals surface area contributed by atoms with Crippen molar-refractivity contribution in [3.8, 4) is 5.75 Å². The largest absolute Gasteiger partial charge is 0.479 e. The van der Waals surface area contributed by atoms with Crippen LogP contribution in [-0.4, -0.2) is 23.8 Å². The molecule has 0 saturated heterocycles. The number of hydrogen-bond acceptors (Lipinski definition) is 4. The number of amides is 3. The molecule has 7 nitrogen and oxygen atoms in total. The molecule has 0 unspecified atom stereocenters. The minimum atomic E-state index is -1.00. The molecule has 2 aromatic rings. The third kappa shape index (κ3) is 6.47. The van der Waals surface area contributed by atoms with Crippen LogP contribution in [0.3, 0.4) is 0 Å². The van der Waals surface area contributed by atoms with Crippen molar-refractivity contribution in [2.45, 2.75) is 19.6 Å². The maximum atomic E-state index is 12.0. The number of halogens is 2. The van der Waals surface area contributed by atoms with Crippen LogP contribution in [0.5, 0.6) is 5.75 Å². The standard InChI is InChI=1S/C18H17Cl2N3O4/c1-11(27-15-8-7-13(19)9-14(15)20)16(24)22-23-18(26)17(25)21-10-12-5-3-2-4-6-12/h2-9,11H,10H2,1H3,(H,21,25)(H,22,24)(H,23,26)/t11-/m1/s1. The summed E-state index contributed by atoms with van der Waals surface area (Å²) >= 11 is 11.8. The fourth-order valence-corrected chi connectivity index (χ4v) is 2.40. The van der Waals surface area contributed by atoms with Crippen LogP contribution in [0.4, 0.5) is 0 Å². The van der Waals surface area contributed by atoms with Gasteiger partial charge in [-0.25, -0.2) is 0 Å². The van der Waals surface area contributed by atoms with E-state index in [9.17, 15) is 14.4 Å². The van der Waals surface area contributed by atoms with Crippen LogP contribution in [-0.2, 0) is 20.9 Å². The van der Waals surface area contributed by atoms with Gasteiger partial charge in [-0.15, -0.1) is 0 Å². The van der Waals surface area contributed by atoms with Crippen molar-refractivity contribution in [1.29, 1.82) is 0 Å². The Kier molecular flexibility index (Phi) is 7.45. The Hall–Kier alpha value is -2.77. The zero-order chi connectivity index (χ0) is 19.8. The quantitative estimate of drug-likeness (QED) is 0.520. The third-order valence-corrected chi connectivity index (χ3v) is 3.90. The summed E-state index contributed by atoms with van der Waals surface area (Å²) in [5.41, 5.74) is 4.98. The van der Waals surface area contributed by atoms with Gasteiger partial charge in [0.15, 0.2) is 6.10 Å². The summed E-state index contributed by atoms with van der Waals surface area (Å²) in [6, 6.07) is 13.6. The molecule has 0 saturated carbocycles.